The van der Waals surface area contributed by atoms with Crippen molar-refractivity contribution in [3.8, 4) is 11.1 Å². The molecule has 22 heavy (non-hydrogen) atoms. The fraction of sp³-hybridized carbons (Fsp3) is 0.176. The number of hydrogen-bond acceptors (Lipinski definition) is 3. The Morgan fingerprint density at radius 2 is 2.14 bits per heavy atom. The summed E-state index contributed by atoms with van der Waals surface area (Å²) < 4.78 is 13.2. The quantitative estimate of drug-likeness (QED) is 0.722. The second-order valence-corrected chi connectivity index (χ2v) is 5.34. The molecule has 3 aromatic rings. The third-order valence-electron chi connectivity index (χ3n) is 3.65. The maximum Gasteiger partial charge on any atom is 0.151 e. The van der Waals surface area contributed by atoms with Gasteiger partial charge in [-0.15, -0.1) is 0 Å². The van der Waals surface area contributed by atoms with Crippen LogP contribution in [0.15, 0.2) is 47.7 Å². The van der Waals surface area contributed by atoms with Crippen LogP contribution in [0.2, 0.25) is 0 Å². The largest absolute Gasteiger partial charge is 0.360 e. The Morgan fingerprint density at radius 1 is 1.32 bits per heavy atom. The van der Waals surface area contributed by atoms with E-state index in [0.29, 0.717) is 5.82 Å². The summed E-state index contributed by atoms with van der Waals surface area (Å²) in [6, 6.07) is 8.41. The second kappa shape index (κ2) is 5.69. The van der Waals surface area contributed by atoms with E-state index in [9.17, 15) is 4.39 Å². The molecule has 4 nitrogen and oxygen atoms in total. The van der Waals surface area contributed by atoms with Crippen LogP contribution < -0.4 is 5.73 Å². The zero-order valence-corrected chi connectivity index (χ0v) is 12.5. The van der Waals surface area contributed by atoms with Gasteiger partial charge < -0.3 is 10.7 Å². The van der Waals surface area contributed by atoms with Crippen molar-refractivity contribution in [2.45, 2.75) is 19.9 Å². The first-order valence-electron chi connectivity index (χ1n) is 7.08. The molecule has 2 aromatic heterocycles. The lowest BCUT2D eigenvalue weighted by Crippen LogP contribution is -2.23. The van der Waals surface area contributed by atoms with Gasteiger partial charge in [0.1, 0.15) is 5.82 Å². The van der Waals surface area contributed by atoms with E-state index in [1.54, 1.807) is 12.3 Å². The van der Waals surface area contributed by atoms with Crippen molar-refractivity contribution >= 4 is 22.4 Å². The van der Waals surface area contributed by atoms with Crippen LogP contribution in [0.3, 0.4) is 0 Å². The van der Waals surface area contributed by atoms with E-state index in [-0.39, 0.29) is 11.9 Å². The van der Waals surface area contributed by atoms with Crippen molar-refractivity contribution in [2.75, 3.05) is 0 Å². The van der Waals surface area contributed by atoms with E-state index in [0.717, 1.165) is 27.7 Å². The highest BCUT2D eigenvalue weighted by molar-refractivity contribution is 5.95. The van der Waals surface area contributed by atoms with Gasteiger partial charge in [0.25, 0.3) is 0 Å². The normalized spacial score (nSPS) is 13.5. The third-order valence-corrected chi connectivity index (χ3v) is 3.65. The van der Waals surface area contributed by atoms with Gasteiger partial charge in [-0.1, -0.05) is 0 Å². The lowest BCUT2D eigenvalue weighted by molar-refractivity contribution is 0.629. The van der Waals surface area contributed by atoms with Crippen LogP contribution in [0.25, 0.3) is 22.0 Å². The lowest BCUT2D eigenvalue weighted by atomic mass is 10.1. The second-order valence-electron chi connectivity index (χ2n) is 5.34. The number of aliphatic imine (C=N–C) groups is 1. The number of pyridine rings is 1. The van der Waals surface area contributed by atoms with Gasteiger partial charge in [-0.25, -0.2) is 14.4 Å². The van der Waals surface area contributed by atoms with E-state index >= 15 is 0 Å². The molecule has 0 radical (unpaired) electrons. The number of fused-ring (bicyclic) bond motifs is 1. The van der Waals surface area contributed by atoms with E-state index in [2.05, 4.69) is 15.0 Å². The number of nitrogens with zero attached hydrogens (tertiary/aromatic N) is 2. The van der Waals surface area contributed by atoms with E-state index in [1.165, 1.54) is 12.1 Å². The number of nitrogens with two attached hydrogens (primary N) is 1. The highest BCUT2D eigenvalue weighted by Crippen LogP contribution is 2.29. The molecular formula is C17H17FN4. The zero-order chi connectivity index (χ0) is 15.7. The van der Waals surface area contributed by atoms with Gasteiger partial charge in [-0.2, -0.15) is 0 Å². The van der Waals surface area contributed by atoms with Crippen LogP contribution in [0, 0.1) is 5.82 Å². The number of nitrogens with one attached hydrogen (secondary N) is 1. The summed E-state index contributed by atoms with van der Waals surface area (Å²) in [6.45, 7) is 3.77. The summed E-state index contributed by atoms with van der Waals surface area (Å²) in [5.41, 5.74) is 9.32. The molecule has 0 bridgehead atoms. The van der Waals surface area contributed by atoms with Gasteiger partial charge in [0, 0.05) is 46.2 Å². The highest BCUT2D eigenvalue weighted by Gasteiger charge is 2.07. The molecule has 3 N–H and O–H groups in total. The smallest absolute Gasteiger partial charge is 0.151 e. The summed E-state index contributed by atoms with van der Waals surface area (Å²) in [4.78, 5) is 11.8. The molecule has 5 heteroatoms. The molecule has 0 aliphatic heterocycles. The number of halogens is 1. The molecule has 0 aliphatic carbocycles. The van der Waals surface area contributed by atoms with Crippen LogP contribution in [-0.2, 0) is 0 Å². The maximum absolute atomic E-state index is 13.2. The van der Waals surface area contributed by atoms with Crippen molar-refractivity contribution in [1.82, 2.24) is 9.97 Å². The minimum Gasteiger partial charge on any atom is -0.360 e. The molecule has 0 saturated heterocycles. The predicted octanol–water partition coefficient (Wildman–Crippen LogP) is 3.81. The molecule has 0 fully saturated rings. The van der Waals surface area contributed by atoms with Crippen LogP contribution in [-0.4, -0.2) is 21.7 Å². The SMILES string of the molecule is CC(=Nc1ccc(-c2c[nH]c3cc(F)ccc23)cn1)C(C)N. The number of benzene rings is 1. The molecule has 2 heterocycles. The van der Waals surface area contributed by atoms with Crippen molar-refractivity contribution in [3.05, 3.63) is 48.5 Å². The maximum atomic E-state index is 13.2. The third kappa shape index (κ3) is 2.76. The average Bonchev–Trinajstić information content (AvgIpc) is 2.90. The molecule has 0 spiro atoms. The first kappa shape index (κ1) is 14.4. The Morgan fingerprint density at radius 3 is 2.82 bits per heavy atom. The average molecular weight is 296 g/mol. The zero-order valence-electron chi connectivity index (χ0n) is 12.5. The topological polar surface area (TPSA) is 67.1 Å². The molecule has 1 aromatic carbocycles. The van der Waals surface area contributed by atoms with Crippen LogP contribution in [0.5, 0.6) is 0 Å². The summed E-state index contributed by atoms with van der Waals surface area (Å²) in [6.07, 6.45) is 3.62. The standard InChI is InChI=1S/C17H17FN4/c1-10(19)11(2)22-17-6-3-12(8-21-17)15-9-20-16-7-13(18)4-5-14(15)16/h3-10,20H,19H2,1-2H3. The molecule has 0 saturated carbocycles. The molecular weight excluding hydrogens is 279 g/mol. The Labute approximate surface area is 127 Å². The van der Waals surface area contributed by atoms with E-state index in [1.807, 2.05) is 32.2 Å². The number of hydrogen-bond donors (Lipinski definition) is 2. The molecule has 112 valence electrons. The monoisotopic (exact) mass is 296 g/mol. The Kier molecular flexibility index (Phi) is 3.73. The first-order chi connectivity index (χ1) is 10.5. The van der Waals surface area contributed by atoms with E-state index < -0.39 is 0 Å². The fourth-order valence-electron chi connectivity index (χ4n) is 2.23. The lowest BCUT2D eigenvalue weighted by Gasteiger charge is -2.04. The Bertz CT molecular complexity index is 831. The summed E-state index contributed by atoms with van der Waals surface area (Å²) in [5, 5.41) is 0.964. The number of aromatic amines is 1. The fourth-order valence-corrected chi connectivity index (χ4v) is 2.23. The minimum absolute atomic E-state index is 0.0926. The predicted molar refractivity (Wildman–Crippen MR) is 87.9 cm³/mol. The number of aromatic nitrogens is 2. The summed E-state index contributed by atoms with van der Waals surface area (Å²) >= 11 is 0. The van der Waals surface area contributed by atoms with Gasteiger partial charge >= 0.3 is 0 Å². The van der Waals surface area contributed by atoms with Crippen LogP contribution in [0.4, 0.5) is 10.2 Å². The molecule has 3 rings (SSSR count). The number of H-pyrrole nitrogens is 1. The molecule has 1 unspecified atom stereocenters. The van der Waals surface area contributed by atoms with Crippen LogP contribution in [0.1, 0.15) is 13.8 Å². The van der Waals surface area contributed by atoms with Gasteiger partial charge in [0.15, 0.2) is 5.82 Å². The highest BCUT2D eigenvalue weighted by atomic mass is 19.1. The van der Waals surface area contributed by atoms with Crippen molar-refractivity contribution in [1.29, 1.82) is 0 Å². The van der Waals surface area contributed by atoms with Crippen LogP contribution >= 0.6 is 0 Å². The van der Waals surface area contributed by atoms with E-state index in [4.69, 9.17) is 5.73 Å². The minimum atomic E-state index is -0.255. The Balaban J connectivity index is 1.97. The van der Waals surface area contributed by atoms with Crippen molar-refractivity contribution < 1.29 is 4.39 Å². The van der Waals surface area contributed by atoms with Gasteiger partial charge in [-0.05, 0) is 44.2 Å². The summed E-state index contributed by atoms with van der Waals surface area (Å²) in [7, 11) is 0. The molecule has 0 aliphatic rings. The number of rotatable bonds is 3. The Hall–Kier alpha value is -2.53. The van der Waals surface area contributed by atoms with Gasteiger partial charge in [-0.3, -0.25) is 0 Å². The molecule has 1 atom stereocenters. The molecule has 0 amide bonds. The van der Waals surface area contributed by atoms with Gasteiger partial charge in [0.05, 0.1) is 0 Å². The van der Waals surface area contributed by atoms with Crippen molar-refractivity contribution in [3.63, 3.8) is 0 Å². The van der Waals surface area contributed by atoms with Gasteiger partial charge in [0.2, 0.25) is 0 Å². The first-order valence-corrected chi connectivity index (χ1v) is 7.08. The van der Waals surface area contributed by atoms with Crippen molar-refractivity contribution in [2.24, 2.45) is 10.7 Å². The summed E-state index contributed by atoms with van der Waals surface area (Å²) in [5.74, 6) is 0.375.